The zero-order valence-electron chi connectivity index (χ0n) is 22.8. The van der Waals surface area contributed by atoms with Gasteiger partial charge in [0.2, 0.25) is 22.1 Å². The normalized spacial score (nSPS) is 17.8. The van der Waals surface area contributed by atoms with Crippen molar-refractivity contribution in [1.29, 1.82) is 0 Å². The average molecular weight is 596 g/mol. The lowest BCUT2D eigenvalue weighted by molar-refractivity contribution is -0.116. The SMILES string of the molecule is O=C(Cc1cccc2c1C=CC2)Nc1nnc([C@@H]2CCC[C@@H](c3nnc(NC(=O)Cc4cccc5[nH]ccc45)s3)C2)s1. The van der Waals surface area contributed by atoms with Crippen LogP contribution in [0.1, 0.15) is 69.8 Å². The van der Waals surface area contributed by atoms with Gasteiger partial charge in [-0.2, -0.15) is 0 Å². The van der Waals surface area contributed by atoms with Crippen molar-refractivity contribution in [2.75, 3.05) is 10.6 Å². The Kier molecular flexibility index (Phi) is 7.35. The summed E-state index contributed by atoms with van der Waals surface area (Å²) in [6.07, 6.45) is 11.6. The van der Waals surface area contributed by atoms with E-state index in [0.29, 0.717) is 16.7 Å². The van der Waals surface area contributed by atoms with Crippen LogP contribution in [0.2, 0.25) is 0 Å². The quantitative estimate of drug-likeness (QED) is 0.195. The Bertz CT molecular complexity index is 1800. The molecule has 0 bridgehead atoms. The van der Waals surface area contributed by atoms with E-state index in [9.17, 15) is 9.59 Å². The van der Waals surface area contributed by atoms with Gasteiger partial charge in [-0.3, -0.25) is 9.59 Å². The van der Waals surface area contributed by atoms with E-state index in [1.807, 2.05) is 42.6 Å². The van der Waals surface area contributed by atoms with Gasteiger partial charge in [0.05, 0.1) is 12.8 Å². The second kappa shape index (κ2) is 11.6. The monoisotopic (exact) mass is 595 g/mol. The molecule has 7 rings (SSSR count). The first-order valence-corrected chi connectivity index (χ1v) is 15.8. The standard InChI is InChI=1S/C31H29N7O2S2/c39-26(16-19-7-1-5-18-6-3-11-23(18)19)33-30-37-35-28(41-30)21-9-2-10-22(15-21)29-36-38-31(42-29)34-27(40)17-20-8-4-12-25-24(20)13-14-32-25/h1,3-5,7-8,11-14,21-22,32H,2,6,9-10,15-17H2,(H,33,37,39)(H,34,38,40)/t21-,22-/m1/s1. The number of carbonyl (C=O) groups excluding carboxylic acids is 2. The molecule has 3 heterocycles. The third kappa shape index (κ3) is 5.62. The lowest BCUT2D eigenvalue weighted by Crippen LogP contribution is -2.15. The van der Waals surface area contributed by atoms with Crippen molar-refractivity contribution in [2.45, 2.75) is 56.8 Å². The second-order valence-corrected chi connectivity index (χ2v) is 12.9. The molecule has 5 aromatic rings. The number of H-pyrrole nitrogens is 1. The molecule has 212 valence electrons. The van der Waals surface area contributed by atoms with Gasteiger partial charge in [-0.15, -0.1) is 20.4 Å². The summed E-state index contributed by atoms with van der Waals surface area (Å²) in [6.45, 7) is 0. The molecule has 1 saturated carbocycles. The van der Waals surface area contributed by atoms with Crippen LogP contribution in [-0.2, 0) is 28.9 Å². The number of amides is 2. The number of hydrogen-bond donors (Lipinski definition) is 3. The Morgan fingerprint density at radius 1 is 0.833 bits per heavy atom. The lowest BCUT2D eigenvalue weighted by Gasteiger charge is -2.25. The van der Waals surface area contributed by atoms with Gasteiger partial charge in [0, 0.05) is 28.9 Å². The lowest BCUT2D eigenvalue weighted by atomic mass is 9.82. The van der Waals surface area contributed by atoms with Crippen LogP contribution in [0, 0.1) is 0 Å². The molecular weight excluding hydrogens is 567 g/mol. The van der Waals surface area contributed by atoms with Crippen LogP contribution in [0.25, 0.3) is 17.0 Å². The number of aromatic nitrogens is 5. The first-order valence-electron chi connectivity index (χ1n) is 14.2. The third-order valence-electron chi connectivity index (χ3n) is 8.04. The minimum atomic E-state index is -0.107. The van der Waals surface area contributed by atoms with Gasteiger partial charge in [-0.05, 0) is 60.1 Å². The Hall–Kier alpha value is -4.22. The molecule has 2 atom stereocenters. The van der Waals surface area contributed by atoms with Gasteiger partial charge in [0.25, 0.3) is 0 Å². The molecule has 2 amide bonds. The van der Waals surface area contributed by atoms with Crippen LogP contribution in [0.4, 0.5) is 10.3 Å². The van der Waals surface area contributed by atoms with Crippen molar-refractivity contribution in [3.05, 3.63) is 87.0 Å². The summed E-state index contributed by atoms with van der Waals surface area (Å²) in [5, 5.41) is 27.3. The minimum Gasteiger partial charge on any atom is -0.361 e. The van der Waals surface area contributed by atoms with Crippen LogP contribution in [0.3, 0.4) is 0 Å². The van der Waals surface area contributed by atoms with Crippen molar-refractivity contribution >= 4 is 61.7 Å². The fourth-order valence-electron chi connectivity index (χ4n) is 6.03. The molecule has 0 radical (unpaired) electrons. The number of anilines is 2. The molecule has 1 fully saturated rings. The van der Waals surface area contributed by atoms with Gasteiger partial charge in [0.1, 0.15) is 10.0 Å². The van der Waals surface area contributed by atoms with Gasteiger partial charge in [0.15, 0.2) is 0 Å². The summed E-state index contributed by atoms with van der Waals surface area (Å²) in [5.41, 5.74) is 5.44. The largest absolute Gasteiger partial charge is 0.361 e. The highest BCUT2D eigenvalue weighted by atomic mass is 32.1. The fourth-order valence-corrected chi connectivity index (χ4v) is 7.85. The van der Waals surface area contributed by atoms with E-state index in [4.69, 9.17) is 0 Å². The topological polar surface area (TPSA) is 126 Å². The fraction of sp³-hybridized carbons (Fsp3) is 0.290. The summed E-state index contributed by atoms with van der Waals surface area (Å²) in [7, 11) is 0. The van der Waals surface area contributed by atoms with Crippen molar-refractivity contribution in [3.63, 3.8) is 0 Å². The van der Waals surface area contributed by atoms with E-state index in [2.05, 4.69) is 54.2 Å². The first kappa shape index (κ1) is 26.7. The van der Waals surface area contributed by atoms with Crippen LogP contribution in [-0.4, -0.2) is 37.2 Å². The van der Waals surface area contributed by atoms with E-state index < -0.39 is 0 Å². The van der Waals surface area contributed by atoms with Crippen LogP contribution >= 0.6 is 22.7 Å². The van der Waals surface area contributed by atoms with E-state index >= 15 is 0 Å². The molecule has 2 aliphatic rings. The number of benzene rings is 2. The Morgan fingerprint density at radius 3 is 2.24 bits per heavy atom. The van der Waals surface area contributed by atoms with Gasteiger partial charge >= 0.3 is 0 Å². The van der Waals surface area contributed by atoms with E-state index in [1.54, 1.807) is 0 Å². The van der Waals surface area contributed by atoms with E-state index in [0.717, 1.165) is 69.7 Å². The molecule has 3 N–H and O–H groups in total. The van der Waals surface area contributed by atoms with E-state index in [-0.39, 0.29) is 30.1 Å². The Labute approximate surface area is 250 Å². The van der Waals surface area contributed by atoms with Crippen molar-refractivity contribution < 1.29 is 9.59 Å². The molecule has 2 aliphatic carbocycles. The predicted molar refractivity (Wildman–Crippen MR) is 166 cm³/mol. The highest BCUT2D eigenvalue weighted by molar-refractivity contribution is 7.15. The summed E-state index contributed by atoms with van der Waals surface area (Å²) in [5.74, 6) is 0.305. The summed E-state index contributed by atoms with van der Waals surface area (Å²) >= 11 is 2.91. The molecule has 0 spiro atoms. The molecule has 0 aliphatic heterocycles. The predicted octanol–water partition coefficient (Wildman–Crippen LogP) is 6.24. The number of hydrogen-bond acceptors (Lipinski definition) is 8. The number of fused-ring (bicyclic) bond motifs is 2. The molecule has 2 aromatic carbocycles. The highest BCUT2D eigenvalue weighted by Crippen LogP contribution is 2.43. The van der Waals surface area contributed by atoms with Crippen molar-refractivity contribution in [3.8, 4) is 0 Å². The molecule has 9 nitrogen and oxygen atoms in total. The maximum Gasteiger partial charge on any atom is 0.230 e. The summed E-state index contributed by atoms with van der Waals surface area (Å²) in [4.78, 5) is 28.7. The highest BCUT2D eigenvalue weighted by Gasteiger charge is 2.29. The summed E-state index contributed by atoms with van der Waals surface area (Å²) < 4.78 is 0. The smallest absolute Gasteiger partial charge is 0.230 e. The van der Waals surface area contributed by atoms with Crippen LogP contribution in [0.15, 0.2) is 54.7 Å². The average Bonchev–Trinajstić information content (AvgIpc) is 3.81. The van der Waals surface area contributed by atoms with Gasteiger partial charge in [-0.1, -0.05) is 71.6 Å². The number of rotatable bonds is 8. The maximum absolute atomic E-state index is 12.8. The van der Waals surface area contributed by atoms with Crippen LogP contribution in [0.5, 0.6) is 0 Å². The zero-order chi connectivity index (χ0) is 28.5. The summed E-state index contributed by atoms with van der Waals surface area (Å²) in [6, 6.07) is 14.0. The number of nitrogens with one attached hydrogen (secondary N) is 3. The first-order chi connectivity index (χ1) is 20.6. The molecule has 3 aromatic heterocycles. The molecule has 0 unspecified atom stereocenters. The van der Waals surface area contributed by atoms with Crippen molar-refractivity contribution in [1.82, 2.24) is 25.4 Å². The molecule has 42 heavy (non-hydrogen) atoms. The molecule has 0 saturated heterocycles. The number of carbonyl (C=O) groups is 2. The minimum absolute atomic E-state index is 0.0823. The Morgan fingerprint density at radius 2 is 1.50 bits per heavy atom. The molecular formula is C31H29N7O2S2. The van der Waals surface area contributed by atoms with Crippen LogP contribution < -0.4 is 10.6 Å². The third-order valence-corrected chi connectivity index (χ3v) is 10.0. The number of allylic oxidation sites excluding steroid dienone is 1. The van der Waals surface area contributed by atoms with Crippen molar-refractivity contribution in [2.24, 2.45) is 0 Å². The zero-order valence-corrected chi connectivity index (χ0v) is 24.4. The Balaban J connectivity index is 0.950. The van der Waals surface area contributed by atoms with Gasteiger partial charge in [-0.25, -0.2) is 0 Å². The maximum atomic E-state index is 12.8. The van der Waals surface area contributed by atoms with E-state index in [1.165, 1.54) is 28.2 Å². The number of aromatic amines is 1. The number of nitrogens with zero attached hydrogens (tertiary/aromatic N) is 4. The van der Waals surface area contributed by atoms with Gasteiger partial charge < -0.3 is 15.6 Å². The molecule has 11 heteroatoms. The second-order valence-electron chi connectivity index (χ2n) is 10.9.